The van der Waals surface area contributed by atoms with Gasteiger partial charge in [-0.05, 0) is 29.3 Å². The van der Waals surface area contributed by atoms with Crippen LogP contribution in [-0.2, 0) is 4.79 Å². The number of nitrogens with one attached hydrogen (secondary N) is 1. The van der Waals surface area contributed by atoms with Crippen LogP contribution in [0.5, 0.6) is 11.5 Å². The Morgan fingerprint density at radius 2 is 1.79 bits per heavy atom. The number of benzene rings is 3. The van der Waals surface area contributed by atoms with Crippen molar-refractivity contribution in [2.75, 3.05) is 19.0 Å². The standard InChI is InChI=1S/C24H21NO4/c1-3-15-29-21-14-13-18(16-22(21)28-2)19-11-7-8-12-20(19)25-24(27)23(26)17-9-5-4-6-10-17/h1,4-14,16,23,26H,15H2,2H3,(H,25,27). The average molecular weight is 387 g/mol. The molecule has 0 saturated carbocycles. The van der Waals surface area contributed by atoms with Crippen molar-refractivity contribution in [2.45, 2.75) is 6.10 Å². The van der Waals surface area contributed by atoms with Crippen molar-refractivity contribution in [1.82, 2.24) is 0 Å². The molecule has 0 bridgehead atoms. The lowest BCUT2D eigenvalue weighted by atomic mass is 10.0. The van der Waals surface area contributed by atoms with Crippen molar-refractivity contribution in [2.24, 2.45) is 0 Å². The number of aliphatic hydroxyl groups excluding tert-OH is 1. The number of ether oxygens (including phenoxy) is 2. The van der Waals surface area contributed by atoms with Gasteiger partial charge in [-0.3, -0.25) is 4.79 Å². The molecule has 1 atom stereocenters. The molecule has 0 aromatic heterocycles. The van der Waals surface area contributed by atoms with Gasteiger partial charge in [-0.1, -0.05) is 60.5 Å². The number of amides is 1. The maximum atomic E-state index is 12.6. The zero-order valence-corrected chi connectivity index (χ0v) is 16.0. The summed E-state index contributed by atoms with van der Waals surface area (Å²) in [6.45, 7) is 0.139. The quantitative estimate of drug-likeness (QED) is 0.600. The first-order chi connectivity index (χ1) is 14.1. The van der Waals surface area contributed by atoms with Crippen LogP contribution >= 0.6 is 0 Å². The van der Waals surface area contributed by atoms with Crippen molar-refractivity contribution in [1.29, 1.82) is 0 Å². The van der Waals surface area contributed by atoms with Crippen molar-refractivity contribution < 1.29 is 19.4 Å². The molecule has 5 heteroatoms. The molecule has 0 aliphatic heterocycles. The molecule has 5 nitrogen and oxygen atoms in total. The number of rotatable bonds is 7. The zero-order chi connectivity index (χ0) is 20.6. The number of hydrogen-bond acceptors (Lipinski definition) is 4. The van der Waals surface area contributed by atoms with Crippen molar-refractivity contribution in [3.63, 3.8) is 0 Å². The summed E-state index contributed by atoms with van der Waals surface area (Å²) >= 11 is 0. The maximum absolute atomic E-state index is 12.6. The van der Waals surface area contributed by atoms with Gasteiger partial charge in [0.2, 0.25) is 0 Å². The molecule has 0 spiro atoms. The maximum Gasteiger partial charge on any atom is 0.257 e. The topological polar surface area (TPSA) is 67.8 Å². The van der Waals surface area contributed by atoms with E-state index < -0.39 is 12.0 Å². The predicted octanol–water partition coefficient (Wildman–Crippen LogP) is 4.05. The van der Waals surface area contributed by atoms with E-state index in [9.17, 15) is 9.90 Å². The van der Waals surface area contributed by atoms with Crippen molar-refractivity contribution in [3.05, 3.63) is 78.4 Å². The van der Waals surface area contributed by atoms with E-state index in [2.05, 4.69) is 11.2 Å². The molecule has 0 radical (unpaired) electrons. The van der Waals surface area contributed by atoms with Gasteiger partial charge in [-0.15, -0.1) is 6.42 Å². The highest BCUT2D eigenvalue weighted by Gasteiger charge is 2.19. The zero-order valence-electron chi connectivity index (χ0n) is 16.0. The van der Waals surface area contributed by atoms with Crippen LogP contribution in [0.3, 0.4) is 0 Å². The Bertz CT molecular complexity index is 1020. The predicted molar refractivity (Wildman–Crippen MR) is 113 cm³/mol. The Hall–Kier alpha value is -3.75. The van der Waals surface area contributed by atoms with Crippen molar-refractivity contribution >= 4 is 11.6 Å². The lowest BCUT2D eigenvalue weighted by molar-refractivity contribution is -0.124. The van der Waals surface area contributed by atoms with Gasteiger partial charge >= 0.3 is 0 Å². The first kappa shape index (κ1) is 20.0. The van der Waals surface area contributed by atoms with Gasteiger partial charge in [-0.2, -0.15) is 0 Å². The smallest absolute Gasteiger partial charge is 0.257 e. The summed E-state index contributed by atoms with van der Waals surface area (Å²) in [7, 11) is 1.55. The summed E-state index contributed by atoms with van der Waals surface area (Å²) in [5.74, 6) is 2.98. The lowest BCUT2D eigenvalue weighted by Crippen LogP contribution is -2.21. The average Bonchev–Trinajstić information content (AvgIpc) is 2.78. The van der Waals surface area contributed by atoms with Crippen LogP contribution in [0.1, 0.15) is 11.7 Å². The van der Waals surface area contributed by atoms with Crippen LogP contribution < -0.4 is 14.8 Å². The van der Waals surface area contributed by atoms with Gasteiger partial charge in [0.05, 0.1) is 7.11 Å². The highest BCUT2D eigenvalue weighted by Crippen LogP contribution is 2.35. The van der Waals surface area contributed by atoms with E-state index >= 15 is 0 Å². The van der Waals surface area contributed by atoms with E-state index in [0.29, 0.717) is 22.7 Å². The molecule has 0 heterocycles. The normalized spacial score (nSPS) is 11.2. The van der Waals surface area contributed by atoms with Crippen LogP contribution in [0.4, 0.5) is 5.69 Å². The summed E-state index contributed by atoms with van der Waals surface area (Å²) < 4.78 is 10.9. The first-order valence-corrected chi connectivity index (χ1v) is 9.01. The summed E-state index contributed by atoms with van der Waals surface area (Å²) in [6.07, 6.45) is 3.98. The van der Waals surface area contributed by atoms with Gasteiger partial charge in [0.15, 0.2) is 17.6 Å². The van der Waals surface area contributed by atoms with E-state index in [1.165, 1.54) is 0 Å². The van der Waals surface area contributed by atoms with E-state index in [0.717, 1.165) is 11.1 Å². The Labute approximate surface area is 169 Å². The molecule has 2 N–H and O–H groups in total. The highest BCUT2D eigenvalue weighted by atomic mass is 16.5. The number of para-hydroxylation sites is 1. The number of anilines is 1. The van der Waals surface area contributed by atoms with E-state index in [1.807, 2.05) is 36.4 Å². The SMILES string of the molecule is C#CCOc1ccc(-c2ccccc2NC(=O)C(O)c2ccccc2)cc1OC. The third kappa shape index (κ3) is 4.75. The molecule has 146 valence electrons. The third-order valence-electron chi connectivity index (χ3n) is 4.33. The molecule has 1 amide bonds. The molecule has 0 aliphatic carbocycles. The molecule has 1 unspecified atom stereocenters. The van der Waals surface area contributed by atoms with Gasteiger partial charge in [0.1, 0.15) is 6.61 Å². The number of aliphatic hydroxyl groups is 1. The molecule has 0 aliphatic rings. The fourth-order valence-electron chi connectivity index (χ4n) is 2.91. The molecular formula is C24H21NO4. The molecule has 3 aromatic carbocycles. The third-order valence-corrected chi connectivity index (χ3v) is 4.33. The minimum Gasteiger partial charge on any atom is -0.493 e. The van der Waals surface area contributed by atoms with Gasteiger partial charge in [0, 0.05) is 11.3 Å². The largest absolute Gasteiger partial charge is 0.493 e. The number of methoxy groups -OCH3 is 1. The van der Waals surface area contributed by atoms with Crippen LogP contribution in [0, 0.1) is 12.3 Å². The minimum absolute atomic E-state index is 0.139. The Morgan fingerprint density at radius 1 is 1.07 bits per heavy atom. The number of carbonyl (C=O) groups excluding carboxylic acids is 1. The van der Waals surface area contributed by atoms with E-state index in [-0.39, 0.29) is 6.61 Å². The lowest BCUT2D eigenvalue weighted by Gasteiger charge is -2.16. The van der Waals surface area contributed by atoms with Gasteiger partial charge < -0.3 is 19.9 Å². The monoisotopic (exact) mass is 387 g/mol. The number of carbonyl (C=O) groups is 1. The summed E-state index contributed by atoms with van der Waals surface area (Å²) in [4.78, 5) is 12.6. The second kappa shape index (κ2) is 9.45. The minimum atomic E-state index is -1.27. The highest BCUT2D eigenvalue weighted by molar-refractivity contribution is 5.98. The van der Waals surface area contributed by atoms with E-state index in [1.54, 1.807) is 43.5 Å². The molecule has 29 heavy (non-hydrogen) atoms. The second-order valence-corrected chi connectivity index (χ2v) is 6.21. The molecule has 0 fully saturated rings. The van der Waals surface area contributed by atoms with Gasteiger partial charge in [0.25, 0.3) is 5.91 Å². The fraction of sp³-hybridized carbons (Fsp3) is 0.125. The molecule has 3 aromatic rings. The molecule has 0 saturated heterocycles. The summed E-state index contributed by atoms with van der Waals surface area (Å²) in [6, 6.07) is 21.6. The van der Waals surface area contributed by atoms with Crippen LogP contribution in [0.25, 0.3) is 11.1 Å². The van der Waals surface area contributed by atoms with Gasteiger partial charge in [-0.25, -0.2) is 0 Å². The van der Waals surface area contributed by atoms with Crippen LogP contribution in [0.15, 0.2) is 72.8 Å². The molecular weight excluding hydrogens is 366 g/mol. The Kier molecular flexibility index (Phi) is 6.51. The summed E-state index contributed by atoms with van der Waals surface area (Å²) in [5.41, 5.74) is 2.70. The molecule has 3 rings (SSSR count). The van der Waals surface area contributed by atoms with Crippen molar-refractivity contribution in [3.8, 4) is 35.0 Å². The number of hydrogen-bond donors (Lipinski definition) is 2. The Morgan fingerprint density at radius 3 is 2.52 bits per heavy atom. The fourth-order valence-corrected chi connectivity index (χ4v) is 2.91. The van der Waals surface area contributed by atoms with Crippen LogP contribution in [0.2, 0.25) is 0 Å². The first-order valence-electron chi connectivity index (χ1n) is 9.01. The Balaban J connectivity index is 1.87. The van der Waals surface area contributed by atoms with Crippen LogP contribution in [-0.4, -0.2) is 24.7 Å². The number of terminal acetylenes is 1. The van der Waals surface area contributed by atoms with E-state index in [4.69, 9.17) is 15.9 Å². The second-order valence-electron chi connectivity index (χ2n) is 6.21. The summed E-state index contributed by atoms with van der Waals surface area (Å²) in [5, 5.41) is 13.2.